The molecule has 0 bridgehead atoms. The molecule has 31 heavy (non-hydrogen) atoms. The van der Waals surface area contributed by atoms with Gasteiger partial charge in [0.15, 0.2) is 0 Å². The quantitative estimate of drug-likeness (QED) is 0.444. The lowest BCUT2D eigenvalue weighted by atomic mass is 9.96. The van der Waals surface area contributed by atoms with Crippen LogP contribution >= 0.6 is 0 Å². The van der Waals surface area contributed by atoms with Gasteiger partial charge in [-0.25, -0.2) is 8.42 Å². The van der Waals surface area contributed by atoms with Crippen molar-refractivity contribution in [1.82, 2.24) is 4.90 Å². The van der Waals surface area contributed by atoms with Crippen molar-refractivity contribution in [2.45, 2.75) is 36.1 Å². The highest BCUT2D eigenvalue weighted by atomic mass is 32.2. The number of methoxy groups -OCH3 is 1. The van der Waals surface area contributed by atoms with Crippen LogP contribution in [0.1, 0.15) is 25.7 Å². The van der Waals surface area contributed by atoms with E-state index in [2.05, 4.69) is 14.9 Å². The van der Waals surface area contributed by atoms with Crippen LogP contribution in [0.4, 0.5) is 17.1 Å². The Bertz CT molecular complexity index is 1050. The smallest absolute Gasteiger partial charge is 0.270 e. The molecule has 2 aromatic rings. The first kappa shape index (κ1) is 22.8. The van der Waals surface area contributed by atoms with E-state index in [1.807, 2.05) is 14.1 Å². The van der Waals surface area contributed by atoms with Crippen molar-refractivity contribution in [3.63, 3.8) is 0 Å². The first-order valence-corrected chi connectivity index (χ1v) is 11.5. The fourth-order valence-electron chi connectivity index (χ4n) is 4.00. The Labute approximate surface area is 182 Å². The number of nitrogens with one attached hydrogen (secondary N) is 2. The molecule has 10 heteroatoms. The lowest BCUT2D eigenvalue weighted by molar-refractivity contribution is -0.385. The molecule has 0 aliphatic heterocycles. The third-order valence-corrected chi connectivity index (χ3v) is 7.31. The molecule has 0 unspecified atom stereocenters. The van der Waals surface area contributed by atoms with E-state index in [0.717, 1.165) is 31.7 Å². The van der Waals surface area contributed by atoms with Crippen molar-refractivity contribution >= 4 is 27.1 Å². The van der Waals surface area contributed by atoms with Gasteiger partial charge in [-0.3, -0.25) is 14.8 Å². The molecule has 0 saturated heterocycles. The summed E-state index contributed by atoms with van der Waals surface area (Å²) in [4.78, 5) is 12.7. The van der Waals surface area contributed by atoms with Crippen molar-refractivity contribution in [2.75, 3.05) is 37.8 Å². The molecule has 0 spiro atoms. The van der Waals surface area contributed by atoms with Crippen LogP contribution in [0, 0.1) is 10.1 Å². The number of non-ortho nitro benzene ring substituents is 1. The highest BCUT2D eigenvalue weighted by Crippen LogP contribution is 2.36. The fourth-order valence-corrected chi connectivity index (χ4v) is 5.27. The van der Waals surface area contributed by atoms with E-state index in [0.29, 0.717) is 18.0 Å². The first-order valence-electron chi connectivity index (χ1n) is 10.0. The summed E-state index contributed by atoms with van der Waals surface area (Å²) in [6, 6.07) is 10.4. The average molecular weight is 449 g/mol. The van der Waals surface area contributed by atoms with Crippen molar-refractivity contribution in [1.29, 1.82) is 0 Å². The average Bonchev–Trinajstić information content (AvgIpc) is 3.22. The maximum Gasteiger partial charge on any atom is 0.270 e. The summed E-state index contributed by atoms with van der Waals surface area (Å²) < 4.78 is 34.2. The lowest BCUT2D eigenvalue weighted by Crippen LogP contribution is -2.47. The van der Waals surface area contributed by atoms with E-state index in [-0.39, 0.29) is 21.8 Å². The minimum atomic E-state index is -4.13. The van der Waals surface area contributed by atoms with E-state index in [1.54, 1.807) is 24.3 Å². The van der Waals surface area contributed by atoms with Crippen molar-refractivity contribution < 1.29 is 18.1 Å². The van der Waals surface area contributed by atoms with Gasteiger partial charge in [-0.05, 0) is 45.1 Å². The van der Waals surface area contributed by atoms with Crippen LogP contribution in [0.2, 0.25) is 0 Å². The highest BCUT2D eigenvalue weighted by Gasteiger charge is 2.36. The maximum atomic E-state index is 13.2. The predicted molar refractivity (Wildman–Crippen MR) is 120 cm³/mol. The van der Waals surface area contributed by atoms with E-state index >= 15 is 0 Å². The largest absolute Gasteiger partial charge is 0.495 e. The number of hydrogen-bond donors (Lipinski definition) is 2. The molecular formula is C21H28N4O5S. The molecule has 1 aliphatic carbocycles. The zero-order valence-electron chi connectivity index (χ0n) is 17.9. The van der Waals surface area contributed by atoms with E-state index in [9.17, 15) is 18.5 Å². The number of benzene rings is 2. The molecule has 2 aromatic carbocycles. The van der Waals surface area contributed by atoms with Gasteiger partial charge in [-0.2, -0.15) is 0 Å². The number of sulfonamides is 1. The monoisotopic (exact) mass is 448 g/mol. The van der Waals surface area contributed by atoms with Gasteiger partial charge in [0.05, 0.1) is 23.4 Å². The third kappa shape index (κ3) is 4.91. The topological polar surface area (TPSA) is 114 Å². The number of nitro benzene ring substituents is 1. The van der Waals surface area contributed by atoms with Crippen LogP contribution in [0.25, 0.3) is 0 Å². The number of para-hydroxylation sites is 2. The number of ether oxygens (including phenoxy) is 1. The molecule has 0 aromatic heterocycles. The van der Waals surface area contributed by atoms with Gasteiger partial charge in [-0.1, -0.05) is 25.0 Å². The molecule has 1 saturated carbocycles. The molecule has 0 radical (unpaired) electrons. The van der Waals surface area contributed by atoms with Gasteiger partial charge in [0.2, 0.25) is 0 Å². The molecule has 1 fully saturated rings. The highest BCUT2D eigenvalue weighted by molar-refractivity contribution is 7.93. The Hall–Kier alpha value is -2.85. The summed E-state index contributed by atoms with van der Waals surface area (Å²) in [5.74, 6) is 0.350. The zero-order valence-corrected chi connectivity index (χ0v) is 18.7. The van der Waals surface area contributed by atoms with E-state index in [4.69, 9.17) is 4.74 Å². The molecule has 0 amide bonds. The summed E-state index contributed by atoms with van der Waals surface area (Å²) in [7, 11) is 1.35. The summed E-state index contributed by atoms with van der Waals surface area (Å²) in [5, 5.41) is 14.6. The van der Waals surface area contributed by atoms with E-state index in [1.165, 1.54) is 19.2 Å². The number of likely N-dealkylation sites (N-methyl/N-ethyl adjacent to an activating group) is 1. The molecule has 2 N–H and O–H groups in total. The van der Waals surface area contributed by atoms with Gasteiger partial charge in [0, 0.05) is 24.2 Å². The normalized spacial score (nSPS) is 15.6. The Morgan fingerprint density at radius 3 is 2.42 bits per heavy atom. The number of nitro groups is 1. The third-order valence-electron chi connectivity index (χ3n) is 5.91. The predicted octanol–water partition coefficient (Wildman–Crippen LogP) is 3.69. The summed E-state index contributed by atoms with van der Waals surface area (Å²) >= 11 is 0. The standard InChI is InChI=1S/C21H28N4O5S/c1-24(2)21(12-6-7-13-21)15-22-18-11-10-16(25(26)27)14-20(18)31(28,29)23-17-8-4-5-9-19(17)30-3/h4-5,8-11,14,22-23H,6-7,12-13,15H2,1-3H3. The molecule has 3 rings (SSSR count). The van der Waals surface area contributed by atoms with Gasteiger partial charge < -0.3 is 15.0 Å². The number of nitrogens with zero attached hydrogens (tertiary/aromatic N) is 2. The van der Waals surface area contributed by atoms with Gasteiger partial charge in [0.1, 0.15) is 10.6 Å². The molecule has 1 aliphatic rings. The maximum absolute atomic E-state index is 13.2. The van der Waals surface area contributed by atoms with Gasteiger partial charge in [0.25, 0.3) is 15.7 Å². The van der Waals surface area contributed by atoms with Crippen LogP contribution in [-0.2, 0) is 10.0 Å². The van der Waals surface area contributed by atoms with Crippen LogP contribution in [0.3, 0.4) is 0 Å². The molecule has 0 heterocycles. The second kappa shape index (κ2) is 9.11. The molecular weight excluding hydrogens is 420 g/mol. The van der Waals surface area contributed by atoms with Crippen molar-refractivity contribution in [3.05, 3.63) is 52.6 Å². The summed E-state index contributed by atoms with van der Waals surface area (Å²) in [5.41, 5.74) is 0.192. The minimum absolute atomic E-state index is 0.0844. The molecule has 9 nitrogen and oxygen atoms in total. The number of anilines is 2. The Balaban J connectivity index is 1.97. The van der Waals surface area contributed by atoms with E-state index < -0.39 is 14.9 Å². The number of rotatable bonds is 9. The second-order valence-corrected chi connectivity index (χ2v) is 9.57. The Morgan fingerprint density at radius 2 is 1.81 bits per heavy atom. The SMILES string of the molecule is COc1ccccc1NS(=O)(=O)c1cc([N+](=O)[O-])ccc1NCC1(N(C)C)CCCC1. The summed E-state index contributed by atoms with van der Waals surface area (Å²) in [6.07, 6.45) is 4.23. The second-order valence-electron chi connectivity index (χ2n) is 7.92. The van der Waals surface area contributed by atoms with Crippen molar-refractivity contribution in [3.8, 4) is 5.75 Å². The number of hydrogen-bond acceptors (Lipinski definition) is 7. The minimum Gasteiger partial charge on any atom is -0.495 e. The lowest BCUT2D eigenvalue weighted by Gasteiger charge is -2.37. The van der Waals surface area contributed by atoms with Gasteiger partial charge in [-0.15, -0.1) is 0 Å². The Morgan fingerprint density at radius 1 is 1.13 bits per heavy atom. The van der Waals surface area contributed by atoms with Crippen LogP contribution in [0.15, 0.2) is 47.4 Å². The van der Waals surface area contributed by atoms with Crippen LogP contribution in [-0.4, -0.2) is 51.5 Å². The van der Waals surface area contributed by atoms with Crippen molar-refractivity contribution in [2.24, 2.45) is 0 Å². The van der Waals surface area contributed by atoms with Crippen LogP contribution in [0.5, 0.6) is 5.75 Å². The molecule has 0 atom stereocenters. The van der Waals surface area contributed by atoms with Crippen LogP contribution < -0.4 is 14.8 Å². The first-order chi connectivity index (χ1) is 14.7. The fraction of sp³-hybridized carbons (Fsp3) is 0.429. The molecule has 168 valence electrons. The summed E-state index contributed by atoms with van der Waals surface area (Å²) in [6.45, 7) is 0.537. The zero-order chi connectivity index (χ0) is 22.6. The Kier molecular flexibility index (Phi) is 6.71. The van der Waals surface area contributed by atoms with Gasteiger partial charge >= 0.3 is 0 Å².